The van der Waals surface area contributed by atoms with Crippen LogP contribution in [-0.2, 0) is 4.79 Å². The minimum absolute atomic E-state index is 0.162. The fraction of sp³-hybridized carbons (Fsp3) is 0.848. The molecule has 0 aromatic carbocycles. The van der Waals surface area contributed by atoms with Gasteiger partial charge in [-0.15, -0.1) is 0 Å². The zero-order valence-electron chi connectivity index (χ0n) is 34.0. The van der Waals surface area contributed by atoms with Gasteiger partial charge >= 0.3 is 0 Å². The highest BCUT2D eigenvalue weighted by Gasteiger charge is 2.26. The van der Waals surface area contributed by atoms with Gasteiger partial charge in [0.15, 0.2) is 0 Å². The number of allylic oxidation sites excluding steroid dienone is 6. The molecule has 0 aromatic rings. The van der Waals surface area contributed by atoms with Crippen LogP contribution in [0.4, 0.5) is 0 Å². The number of hydrogen-bond acceptors (Lipinski definition) is 4. The quantitative estimate of drug-likeness (QED) is 0.0375. The second-order valence-electron chi connectivity index (χ2n) is 15.2. The van der Waals surface area contributed by atoms with Crippen LogP contribution in [0.1, 0.15) is 226 Å². The third-order valence-corrected chi connectivity index (χ3v) is 10.2. The number of aliphatic hydroxyl groups is 3. The fourth-order valence-electron chi connectivity index (χ4n) is 6.72. The Balaban J connectivity index is 3.67. The molecular weight excluding hydrogens is 631 g/mol. The van der Waals surface area contributed by atoms with Crippen molar-refractivity contribution < 1.29 is 20.1 Å². The normalized spacial score (nSPS) is 13.9. The number of carbonyl (C=O) groups is 1. The van der Waals surface area contributed by atoms with E-state index >= 15 is 0 Å². The maximum atomic E-state index is 12.4. The summed E-state index contributed by atoms with van der Waals surface area (Å²) in [5.41, 5.74) is 0. The Morgan fingerprint density at radius 3 is 1.25 bits per heavy atom. The third-order valence-electron chi connectivity index (χ3n) is 10.2. The van der Waals surface area contributed by atoms with Gasteiger partial charge < -0.3 is 20.6 Å². The molecule has 0 aliphatic heterocycles. The minimum atomic E-state index is -1.16. The molecule has 0 aromatic heterocycles. The average Bonchev–Trinajstić information content (AvgIpc) is 3.13. The smallest absolute Gasteiger partial charge is 0.220 e. The number of unbranched alkanes of at least 4 members (excludes halogenated alkanes) is 26. The van der Waals surface area contributed by atoms with E-state index < -0.39 is 18.2 Å². The topological polar surface area (TPSA) is 89.8 Å². The summed E-state index contributed by atoms with van der Waals surface area (Å²) in [6.07, 6.45) is 51.1. The first-order chi connectivity index (χ1) is 25.1. The number of nitrogens with one attached hydrogen (secondary N) is 1. The van der Waals surface area contributed by atoms with Gasteiger partial charge in [-0.3, -0.25) is 4.79 Å². The van der Waals surface area contributed by atoms with E-state index in [4.69, 9.17) is 0 Å². The maximum absolute atomic E-state index is 12.4. The second kappa shape index (κ2) is 41.3. The molecule has 5 heteroatoms. The number of carbonyl (C=O) groups excluding carboxylic acids is 1. The molecule has 0 saturated carbocycles. The molecular formula is C46H87NO4. The molecule has 3 unspecified atom stereocenters. The Bertz CT molecular complexity index is 794. The number of hydrogen-bond donors (Lipinski definition) is 4. The summed E-state index contributed by atoms with van der Waals surface area (Å²) in [4.78, 5) is 12.4. The van der Waals surface area contributed by atoms with Crippen molar-refractivity contribution in [3.63, 3.8) is 0 Å². The lowest BCUT2D eigenvalue weighted by molar-refractivity contribution is -0.124. The molecule has 3 atom stereocenters. The van der Waals surface area contributed by atoms with Crippen LogP contribution in [0.25, 0.3) is 0 Å². The Hall–Kier alpha value is -1.43. The molecule has 0 fully saturated rings. The molecule has 300 valence electrons. The molecule has 0 heterocycles. The Labute approximate surface area is 317 Å². The van der Waals surface area contributed by atoms with Crippen LogP contribution in [0.3, 0.4) is 0 Å². The molecule has 0 radical (unpaired) electrons. The van der Waals surface area contributed by atoms with Gasteiger partial charge in [-0.2, -0.15) is 0 Å². The van der Waals surface area contributed by atoms with E-state index in [9.17, 15) is 20.1 Å². The van der Waals surface area contributed by atoms with Crippen molar-refractivity contribution in [3.8, 4) is 0 Å². The first-order valence-electron chi connectivity index (χ1n) is 22.3. The zero-order chi connectivity index (χ0) is 37.3. The first kappa shape index (κ1) is 49.6. The fourth-order valence-corrected chi connectivity index (χ4v) is 6.72. The summed E-state index contributed by atoms with van der Waals surface area (Å²) in [5, 5.41) is 33.5. The molecule has 0 spiro atoms. The van der Waals surface area contributed by atoms with Gasteiger partial charge in [0.2, 0.25) is 5.91 Å². The molecule has 0 rings (SSSR count). The summed E-state index contributed by atoms with van der Waals surface area (Å²) in [5.74, 6) is -0.162. The summed E-state index contributed by atoms with van der Waals surface area (Å²) >= 11 is 0. The molecule has 1 amide bonds. The predicted molar refractivity (Wildman–Crippen MR) is 222 cm³/mol. The summed E-state index contributed by atoms with van der Waals surface area (Å²) in [7, 11) is 0. The van der Waals surface area contributed by atoms with Gasteiger partial charge in [0.05, 0.1) is 18.8 Å². The molecule has 5 nitrogen and oxygen atoms in total. The summed E-state index contributed by atoms with van der Waals surface area (Å²) in [6.45, 7) is 4.16. The van der Waals surface area contributed by atoms with Crippen LogP contribution in [0.2, 0.25) is 0 Å². The monoisotopic (exact) mass is 718 g/mol. The summed E-state index contributed by atoms with van der Waals surface area (Å²) in [6, 6.07) is -0.829. The highest BCUT2D eigenvalue weighted by molar-refractivity contribution is 5.76. The molecule has 0 aliphatic carbocycles. The first-order valence-corrected chi connectivity index (χ1v) is 22.3. The highest BCUT2D eigenvalue weighted by Crippen LogP contribution is 2.14. The SMILES string of the molecule is CCCCCCCCCCC/C=C\C/C=C\CCCCCCCCCC(=O)NC(CO)C(O)C(O)CCC/C=C/CCCCCCCCCCC. The lowest BCUT2D eigenvalue weighted by Gasteiger charge is -2.26. The van der Waals surface area contributed by atoms with E-state index in [2.05, 4.69) is 55.6 Å². The average molecular weight is 718 g/mol. The van der Waals surface area contributed by atoms with Crippen LogP contribution >= 0.6 is 0 Å². The Morgan fingerprint density at radius 2 is 0.843 bits per heavy atom. The van der Waals surface area contributed by atoms with Gasteiger partial charge in [0.25, 0.3) is 0 Å². The van der Waals surface area contributed by atoms with Crippen LogP contribution in [0.5, 0.6) is 0 Å². The van der Waals surface area contributed by atoms with E-state index in [1.54, 1.807) is 0 Å². The van der Waals surface area contributed by atoms with Gasteiger partial charge in [-0.25, -0.2) is 0 Å². The number of amides is 1. The predicted octanol–water partition coefficient (Wildman–Crippen LogP) is 12.8. The Kier molecular flexibility index (Phi) is 40.2. The molecule has 51 heavy (non-hydrogen) atoms. The van der Waals surface area contributed by atoms with Crippen molar-refractivity contribution in [1.29, 1.82) is 0 Å². The molecule has 4 N–H and O–H groups in total. The van der Waals surface area contributed by atoms with Crippen LogP contribution in [0.15, 0.2) is 36.5 Å². The standard InChI is InChI=1S/C46H87NO4/c1-3-5-7-9-11-13-15-17-19-20-21-22-23-24-25-26-27-29-31-33-35-37-39-41-45(50)47-43(42-48)46(51)44(49)40-38-36-34-32-30-28-18-16-14-12-10-8-6-4-2/h21-22,24-25,32,34,43-44,46,48-49,51H,3-20,23,26-31,33,35-42H2,1-2H3,(H,47,50)/b22-21-,25-24-,34-32+. The van der Waals surface area contributed by atoms with Crippen molar-refractivity contribution in [2.24, 2.45) is 0 Å². The maximum Gasteiger partial charge on any atom is 0.220 e. The van der Waals surface area contributed by atoms with E-state index in [1.165, 1.54) is 148 Å². The van der Waals surface area contributed by atoms with Crippen molar-refractivity contribution in [1.82, 2.24) is 5.32 Å². The lowest BCUT2D eigenvalue weighted by Crippen LogP contribution is -2.50. The lowest BCUT2D eigenvalue weighted by atomic mass is 10.0. The number of rotatable bonds is 40. The van der Waals surface area contributed by atoms with E-state index in [1.807, 2.05) is 0 Å². The van der Waals surface area contributed by atoms with Gasteiger partial charge in [0.1, 0.15) is 6.10 Å². The highest BCUT2D eigenvalue weighted by atomic mass is 16.3. The van der Waals surface area contributed by atoms with Crippen molar-refractivity contribution in [2.75, 3.05) is 6.61 Å². The molecule has 0 saturated heterocycles. The van der Waals surface area contributed by atoms with Crippen LogP contribution < -0.4 is 5.32 Å². The van der Waals surface area contributed by atoms with Crippen molar-refractivity contribution in [3.05, 3.63) is 36.5 Å². The van der Waals surface area contributed by atoms with Crippen molar-refractivity contribution >= 4 is 5.91 Å². The van der Waals surface area contributed by atoms with Crippen molar-refractivity contribution in [2.45, 2.75) is 244 Å². The van der Waals surface area contributed by atoms with Gasteiger partial charge in [-0.05, 0) is 70.6 Å². The molecule has 0 bridgehead atoms. The van der Waals surface area contributed by atoms with E-state index in [0.29, 0.717) is 12.8 Å². The zero-order valence-corrected chi connectivity index (χ0v) is 34.0. The van der Waals surface area contributed by atoms with Gasteiger partial charge in [-0.1, -0.05) is 185 Å². The largest absolute Gasteiger partial charge is 0.394 e. The van der Waals surface area contributed by atoms with Gasteiger partial charge in [0, 0.05) is 6.42 Å². The van der Waals surface area contributed by atoms with Crippen LogP contribution in [-0.4, -0.2) is 46.1 Å². The third kappa shape index (κ3) is 36.7. The van der Waals surface area contributed by atoms with E-state index in [-0.39, 0.29) is 12.5 Å². The molecule has 0 aliphatic rings. The summed E-state index contributed by atoms with van der Waals surface area (Å²) < 4.78 is 0. The van der Waals surface area contributed by atoms with E-state index in [0.717, 1.165) is 51.4 Å². The number of aliphatic hydroxyl groups excluding tert-OH is 3. The minimum Gasteiger partial charge on any atom is -0.394 e. The second-order valence-corrected chi connectivity index (χ2v) is 15.2. The van der Waals surface area contributed by atoms with Crippen LogP contribution in [0, 0.1) is 0 Å². The Morgan fingerprint density at radius 1 is 0.490 bits per heavy atom.